The molecule has 196 valence electrons. The molecule has 0 aliphatic carbocycles. The smallest absolute Gasteiger partial charge is 0.327 e. The second kappa shape index (κ2) is 9.96. The molecule has 9 heteroatoms. The standard InChI is InChI=1S/C29H31N5O3S/c1-17-6-4-8-20(14-17)37-21-9-10-22(18(2)15-21)34-23-11-12-30-28-24(23)25(32-29(34)36)26(38-28)27(35)31-19-7-5-13-33(3)16-19/h4,6,8-12,14-15,19,25-26H,5,7,13,16H2,1-3H3,(H,31,35)(H,32,36)/t19?,25?,26-/m1/s1. The summed E-state index contributed by atoms with van der Waals surface area (Å²) in [5, 5.41) is 6.67. The lowest BCUT2D eigenvalue weighted by atomic mass is 9.98. The topological polar surface area (TPSA) is 86.8 Å². The molecule has 0 saturated carbocycles. The van der Waals surface area contributed by atoms with Crippen molar-refractivity contribution in [2.24, 2.45) is 0 Å². The molecule has 1 fully saturated rings. The van der Waals surface area contributed by atoms with Crippen molar-refractivity contribution < 1.29 is 14.3 Å². The maximum absolute atomic E-state index is 13.5. The molecular weight excluding hydrogens is 498 g/mol. The summed E-state index contributed by atoms with van der Waals surface area (Å²) in [5.74, 6) is 1.42. The van der Waals surface area contributed by atoms with Gasteiger partial charge in [-0.15, -0.1) is 0 Å². The Bertz CT molecular complexity index is 1410. The van der Waals surface area contributed by atoms with Crippen LogP contribution in [-0.2, 0) is 4.79 Å². The van der Waals surface area contributed by atoms with Crippen LogP contribution in [0.4, 0.5) is 16.2 Å². The Morgan fingerprint density at radius 1 is 1.13 bits per heavy atom. The van der Waals surface area contributed by atoms with Gasteiger partial charge in [0.1, 0.15) is 21.8 Å². The third-order valence-electron chi connectivity index (χ3n) is 7.37. The summed E-state index contributed by atoms with van der Waals surface area (Å²) in [6.45, 7) is 5.88. The van der Waals surface area contributed by atoms with Gasteiger partial charge in [0, 0.05) is 24.3 Å². The first-order valence-corrected chi connectivity index (χ1v) is 13.9. The minimum Gasteiger partial charge on any atom is -0.457 e. The Morgan fingerprint density at radius 3 is 2.76 bits per heavy atom. The fourth-order valence-electron chi connectivity index (χ4n) is 5.59. The molecule has 2 aromatic carbocycles. The molecule has 1 aromatic heterocycles. The van der Waals surface area contributed by atoms with Crippen LogP contribution in [-0.4, -0.2) is 53.3 Å². The van der Waals surface area contributed by atoms with Crippen molar-refractivity contribution in [1.29, 1.82) is 0 Å². The normalized spacial score (nSPS) is 22.6. The molecule has 3 atom stereocenters. The van der Waals surface area contributed by atoms with Gasteiger partial charge in [-0.25, -0.2) is 9.78 Å². The molecule has 0 bridgehead atoms. The summed E-state index contributed by atoms with van der Waals surface area (Å²) >= 11 is 1.43. The van der Waals surface area contributed by atoms with E-state index in [0.29, 0.717) is 5.75 Å². The molecule has 8 nitrogen and oxygen atoms in total. The number of carbonyl (C=O) groups is 2. The molecule has 2 N–H and O–H groups in total. The van der Waals surface area contributed by atoms with Crippen LogP contribution in [0.2, 0.25) is 0 Å². The number of nitrogens with one attached hydrogen (secondary N) is 2. The van der Waals surface area contributed by atoms with Crippen molar-refractivity contribution >= 4 is 35.1 Å². The molecule has 0 spiro atoms. The zero-order chi connectivity index (χ0) is 26.4. The highest BCUT2D eigenvalue weighted by atomic mass is 32.2. The van der Waals surface area contributed by atoms with Gasteiger partial charge in [-0.2, -0.15) is 0 Å². The van der Waals surface area contributed by atoms with Crippen molar-refractivity contribution in [3.63, 3.8) is 0 Å². The molecule has 4 heterocycles. The number of aryl methyl sites for hydroxylation is 2. The Kier molecular flexibility index (Phi) is 6.49. The number of benzene rings is 2. The quantitative estimate of drug-likeness (QED) is 0.480. The van der Waals surface area contributed by atoms with Crippen molar-refractivity contribution in [2.45, 2.75) is 49.0 Å². The van der Waals surface area contributed by atoms with Crippen LogP contribution in [0.25, 0.3) is 0 Å². The SMILES string of the molecule is Cc1cccc(Oc2ccc(N3C(=O)NC4c5c3ccnc5S[C@H]4C(=O)NC3CCCN(C)C3)c(C)c2)c1. The molecule has 6 rings (SSSR count). The lowest BCUT2D eigenvalue weighted by Crippen LogP contribution is -2.52. The highest BCUT2D eigenvalue weighted by Crippen LogP contribution is 2.51. The number of hydrogen-bond donors (Lipinski definition) is 2. The number of thioether (sulfide) groups is 1. The lowest BCUT2D eigenvalue weighted by molar-refractivity contribution is -0.122. The third kappa shape index (κ3) is 4.61. The maximum Gasteiger partial charge on any atom is 0.327 e. The number of amides is 3. The largest absolute Gasteiger partial charge is 0.457 e. The fraction of sp³-hybridized carbons (Fsp3) is 0.345. The van der Waals surface area contributed by atoms with E-state index in [1.165, 1.54) is 11.8 Å². The average Bonchev–Trinajstić information content (AvgIpc) is 3.25. The molecule has 3 amide bonds. The van der Waals surface area contributed by atoms with Crippen LogP contribution in [0, 0.1) is 13.8 Å². The van der Waals surface area contributed by atoms with Crippen LogP contribution in [0.1, 0.15) is 35.6 Å². The van der Waals surface area contributed by atoms with Crippen LogP contribution < -0.4 is 20.3 Å². The van der Waals surface area contributed by atoms with Crippen molar-refractivity contribution in [3.05, 3.63) is 71.4 Å². The Morgan fingerprint density at radius 2 is 1.97 bits per heavy atom. The lowest BCUT2D eigenvalue weighted by Gasteiger charge is -2.35. The monoisotopic (exact) mass is 529 g/mol. The van der Waals surface area contributed by atoms with E-state index in [9.17, 15) is 9.59 Å². The van der Waals surface area contributed by atoms with Crippen molar-refractivity contribution in [2.75, 3.05) is 25.0 Å². The summed E-state index contributed by atoms with van der Waals surface area (Å²) in [7, 11) is 2.08. The van der Waals surface area contributed by atoms with Gasteiger partial charge in [-0.1, -0.05) is 23.9 Å². The fourth-order valence-corrected chi connectivity index (χ4v) is 6.83. The highest BCUT2D eigenvalue weighted by Gasteiger charge is 2.47. The zero-order valence-corrected chi connectivity index (χ0v) is 22.5. The molecule has 38 heavy (non-hydrogen) atoms. The van der Waals surface area contributed by atoms with Crippen LogP contribution >= 0.6 is 11.8 Å². The Labute approximate surface area is 226 Å². The van der Waals surface area contributed by atoms with E-state index >= 15 is 0 Å². The van der Waals surface area contributed by atoms with Gasteiger partial charge in [0.2, 0.25) is 5.91 Å². The average molecular weight is 530 g/mol. The number of likely N-dealkylation sites (N-methyl/N-ethyl adjacent to an activating group) is 1. The summed E-state index contributed by atoms with van der Waals surface area (Å²) in [4.78, 5) is 35.4. The number of pyridine rings is 1. The predicted octanol–water partition coefficient (Wildman–Crippen LogP) is 5.08. The first-order chi connectivity index (χ1) is 18.4. The molecule has 0 radical (unpaired) electrons. The number of ether oxygens (including phenoxy) is 1. The van der Waals surface area contributed by atoms with E-state index in [1.807, 2.05) is 62.4 Å². The van der Waals surface area contributed by atoms with Crippen molar-refractivity contribution in [1.82, 2.24) is 20.5 Å². The number of nitrogens with zero attached hydrogens (tertiary/aromatic N) is 3. The molecule has 3 aliphatic rings. The second-order valence-corrected chi connectivity index (χ2v) is 11.5. The number of rotatable bonds is 5. The highest BCUT2D eigenvalue weighted by molar-refractivity contribution is 8.01. The first kappa shape index (κ1) is 24.8. The van der Waals surface area contributed by atoms with Gasteiger partial charge in [-0.3, -0.25) is 9.69 Å². The number of carbonyl (C=O) groups excluding carboxylic acids is 2. The van der Waals surface area contributed by atoms with Gasteiger partial charge in [0.25, 0.3) is 0 Å². The first-order valence-electron chi connectivity index (χ1n) is 13.0. The van der Waals surface area contributed by atoms with Gasteiger partial charge in [0.05, 0.1) is 17.4 Å². The molecular formula is C29H31N5O3S. The van der Waals surface area contributed by atoms with Gasteiger partial charge in [-0.05, 0) is 87.8 Å². The van der Waals surface area contributed by atoms with Crippen LogP contribution in [0.5, 0.6) is 11.5 Å². The van der Waals surface area contributed by atoms with E-state index in [1.54, 1.807) is 11.1 Å². The van der Waals surface area contributed by atoms with E-state index in [-0.39, 0.29) is 18.0 Å². The number of urea groups is 1. The number of anilines is 2. The van der Waals surface area contributed by atoms with Crippen molar-refractivity contribution in [3.8, 4) is 11.5 Å². The predicted molar refractivity (Wildman–Crippen MR) is 148 cm³/mol. The molecule has 2 unspecified atom stereocenters. The van der Waals surface area contributed by atoms with Gasteiger partial charge < -0.3 is 20.3 Å². The maximum atomic E-state index is 13.5. The number of hydrogen-bond acceptors (Lipinski definition) is 6. The Hall–Kier alpha value is -3.56. The van der Waals surface area contributed by atoms with E-state index in [2.05, 4.69) is 27.6 Å². The summed E-state index contributed by atoms with van der Waals surface area (Å²) in [6, 6.07) is 14.9. The van der Waals surface area contributed by atoms with Gasteiger partial charge >= 0.3 is 6.03 Å². The Balaban J connectivity index is 1.26. The molecule has 1 saturated heterocycles. The number of piperidine rings is 1. The van der Waals surface area contributed by atoms with Crippen LogP contribution in [0.15, 0.2) is 59.8 Å². The molecule has 3 aliphatic heterocycles. The number of aromatic nitrogens is 1. The second-order valence-electron chi connectivity index (χ2n) is 10.3. The van der Waals surface area contributed by atoms with E-state index < -0.39 is 11.3 Å². The van der Waals surface area contributed by atoms with Gasteiger partial charge in [0.15, 0.2) is 0 Å². The summed E-state index contributed by atoms with van der Waals surface area (Å²) in [6.07, 6.45) is 3.75. The minimum absolute atomic E-state index is 0.0492. The summed E-state index contributed by atoms with van der Waals surface area (Å²) in [5.41, 5.74) is 4.44. The molecule has 3 aromatic rings. The third-order valence-corrected chi connectivity index (χ3v) is 8.66. The zero-order valence-electron chi connectivity index (χ0n) is 21.7. The van der Waals surface area contributed by atoms with E-state index in [4.69, 9.17) is 4.74 Å². The summed E-state index contributed by atoms with van der Waals surface area (Å²) < 4.78 is 6.05. The minimum atomic E-state index is -0.455. The van der Waals surface area contributed by atoms with E-state index in [0.717, 1.165) is 64.8 Å². The van der Waals surface area contributed by atoms with Crippen LogP contribution in [0.3, 0.4) is 0 Å². The number of likely N-dealkylation sites (tertiary alicyclic amines) is 1.